The molecule has 0 spiro atoms. The van der Waals surface area contributed by atoms with Gasteiger partial charge >= 0.3 is 0 Å². The molecule has 1 aliphatic carbocycles. The topological polar surface area (TPSA) is 69.6 Å². The number of nitrogens with one attached hydrogen (secondary N) is 1. The van der Waals surface area contributed by atoms with Crippen LogP contribution in [0.4, 0.5) is 0 Å². The normalized spacial score (nSPS) is 18.4. The van der Waals surface area contributed by atoms with Crippen LogP contribution >= 0.6 is 23.2 Å². The number of phenolic OH excluding ortho intramolecular Hbond substituents is 1. The molecule has 0 amide bonds. The number of likely N-dealkylation sites (N-methyl/N-ethyl adjacent to an activating group) is 1. The molecule has 0 bridgehead atoms. The summed E-state index contributed by atoms with van der Waals surface area (Å²) in [4.78, 5) is 1.98. The zero-order chi connectivity index (χ0) is 18.6. The molecule has 8 heteroatoms. The molecule has 5 nitrogen and oxygen atoms in total. The molecule has 0 saturated heterocycles. The van der Waals surface area contributed by atoms with Gasteiger partial charge in [0.2, 0.25) is 10.0 Å². The highest BCUT2D eigenvalue weighted by molar-refractivity contribution is 7.89. The third-order valence-corrected chi connectivity index (χ3v) is 6.43. The van der Waals surface area contributed by atoms with Crippen LogP contribution in [0.2, 0.25) is 10.0 Å². The first kappa shape index (κ1) is 20.5. The zero-order valence-corrected chi connectivity index (χ0v) is 16.8. The van der Waals surface area contributed by atoms with E-state index in [4.69, 9.17) is 23.2 Å². The van der Waals surface area contributed by atoms with Gasteiger partial charge in [-0.05, 0) is 44.9 Å². The molecular weight excluding hydrogens is 383 g/mol. The predicted molar refractivity (Wildman–Crippen MR) is 102 cm³/mol. The van der Waals surface area contributed by atoms with Gasteiger partial charge in [0.25, 0.3) is 0 Å². The van der Waals surface area contributed by atoms with Crippen molar-refractivity contribution in [3.63, 3.8) is 0 Å². The van der Waals surface area contributed by atoms with E-state index in [0.29, 0.717) is 12.6 Å². The van der Waals surface area contributed by atoms with Crippen LogP contribution in [0.5, 0.6) is 5.75 Å². The lowest BCUT2D eigenvalue weighted by Crippen LogP contribution is -2.41. The Labute approximate surface area is 159 Å². The van der Waals surface area contributed by atoms with E-state index < -0.39 is 15.8 Å². The average molecular weight is 407 g/mol. The minimum absolute atomic E-state index is 0.0903. The first-order chi connectivity index (χ1) is 11.7. The average Bonchev–Trinajstić information content (AvgIpc) is 2.54. The van der Waals surface area contributed by atoms with Gasteiger partial charge in [0.1, 0.15) is 4.90 Å². The number of sulfonamides is 1. The fourth-order valence-corrected chi connectivity index (χ4v) is 4.91. The Balaban J connectivity index is 2.01. The predicted octanol–water partition coefficient (Wildman–Crippen LogP) is 3.80. The molecule has 25 heavy (non-hydrogen) atoms. The summed E-state index contributed by atoms with van der Waals surface area (Å²) in [6.45, 7) is 5.91. The number of aromatic hydroxyl groups is 1. The lowest BCUT2D eigenvalue weighted by molar-refractivity contribution is 0.194. The number of rotatable bonds is 7. The van der Waals surface area contributed by atoms with Gasteiger partial charge in [-0.2, -0.15) is 0 Å². The summed E-state index contributed by atoms with van der Waals surface area (Å²) in [6.07, 6.45) is 5.43. The molecule has 1 aliphatic rings. The summed E-state index contributed by atoms with van der Waals surface area (Å²) >= 11 is 11.7. The van der Waals surface area contributed by atoms with Gasteiger partial charge in [0.05, 0.1) is 5.02 Å². The number of hydrogen-bond acceptors (Lipinski definition) is 4. The smallest absolute Gasteiger partial charge is 0.244 e. The molecule has 1 atom stereocenters. The minimum Gasteiger partial charge on any atom is -0.505 e. The number of halogens is 2. The van der Waals surface area contributed by atoms with Crippen LogP contribution in [0.3, 0.4) is 0 Å². The van der Waals surface area contributed by atoms with Crippen LogP contribution in [-0.2, 0) is 10.0 Å². The van der Waals surface area contributed by atoms with Gasteiger partial charge in [-0.1, -0.05) is 41.8 Å². The Hall–Kier alpha value is -0.790. The van der Waals surface area contributed by atoms with Crippen LogP contribution in [-0.4, -0.2) is 44.1 Å². The van der Waals surface area contributed by atoms with E-state index >= 15 is 0 Å². The number of benzene rings is 1. The fourth-order valence-electron chi connectivity index (χ4n) is 3.14. The van der Waals surface area contributed by atoms with Crippen molar-refractivity contribution in [2.75, 3.05) is 19.6 Å². The minimum atomic E-state index is -3.89. The van der Waals surface area contributed by atoms with Crippen molar-refractivity contribution in [3.8, 4) is 5.75 Å². The second kappa shape index (κ2) is 8.73. The van der Waals surface area contributed by atoms with E-state index in [-0.39, 0.29) is 21.5 Å². The Morgan fingerprint density at radius 1 is 1.36 bits per heavy atom. The molecule has 1 aromatic rings. The Kier molecular flexibility index (Phi) is 7.17. The maximum Gasteiger partial charge on any atom is 0.244 e. The van der Waals surface area contributed by atoms with Gasteiger partial charge in [-0.15, -0.1) is 0 Å². The summed E-state index contributed by atoms with van der Waals surface area (Å²) in [6, 6.07) is 2.93. The third-order valence-electron chi connectivity index (χ3n) is 4.45. The number of nitrogens with zero attached hydrogens (tertiary/aromatic N) is 1. The van der Waals surface area contributed by atoms with Crippen molar-refractivity contribution in [1.82, 2.24) is 9.62 Å². The van der Waals surface area contributed by atoms with Crippen LogP contribution in [0.25, 0.3) is 0 Å². The summed E-state index contributed by atoms with van der Waals surface area (Å²) in [7, 11) is -3.89. The first-order valence-electron chi connectivity index (χ1n) is 8.32. The standard InChI is InChI=1S/C17H24Cl2N2O3S/c1-3-21(14-6-4-5-12(2)9-14)8-7-20-25(23,24)16-11-13(18)10-15(19)17(16)22/h5,10-11,14,20,22H,3-4,6-9H2,1-2H3. The number of allylic oxidation sites excluding steroid dienone is 1. The van der Waals surface area contributed by atoms with Crippen molar-refractivity contribution in [2.24, 2.45) is 0 Å². The molecule has 0 fully saturated rings. The Bertz CT molecular complexity index is 751. The molecule has 0 aromatic heterocycles. The molecule has 0 heterocycles. The lowest BCUT2D eigenvalue weighted by atomic mass is 9.94. The van der Waals surface area contributed by atoms with E-state index in [2.05, 4.69) is 29.5 Å². The van der Waals surface area contributed by atoms with Crippen molar-refractivity contribution in [3.05, 3.63) is 33.8 Å². The van der Waals surface area contributed by atoms with Crippen LogP contribution in [0, 0.1) is 0 Å². The van der Waals surface area contributed by atoms with Gasteiger partial charge in [-0.25, -0.2) is 13.1 Å². The maximum absolute atomic E-state index is 12.4. The van der Waals surface area contributed by atoms with Crippen molar-refractivity contribution in [2.45, 2.75) is 44.0 Å². The molecule has 0 aliphatic heterocycles. The third kappa shape index (κ3) is 5.34. The fraction of sp³-hybridized carbons (Fsp3) is 0.529. The molecule has 2 rings (SSSR count). The highest BCUT2D eigenvalue weighted by Gasteiger charge is 2.23. The van der Waals surface area contributed by atoms with E-state index in [9.17, 15) is 13.5 Å². The van der Waals surface area contributed by atoms with Gasteiger partial charge in [0.15, 0.2) is 5.75 Å². The monoisotopic (exact) mass is 406 g/mol. The van der Waals surface area contributed by atoms with Crippen LogP contribution in [0.1, 0.15) is 33.1 Å². The summed E-state index contributed by atoms with van der Waals surface area (Å²) in [5.41, 5.74) is 1.38. The number of hydrogen-bond donors (Lipinski definition) is 2. The van der Waals surface area contributed by atoms with Crippen molar-refractivity contribution >= 4 is 33.2 Å². The van der Waals surface area contributed by atoms with E-state index in [1.165, 1.54) is 17.7 Å². The largest absolute Gasteiger partial charge is 0.505 e. The Morgan fingerprint density at radius 2 is 2.08 bits per heavy atom. The SMILES string of the molecule is CCN(CCNS(=O)(=O)c1cc(Cl)cc(Cl)c1O)C1CCC=C(C)C1. The molecule has 1 unspecified atom stereocenters. The van der Waals surface area contributed by atoms with Gasteiger partial charge in [0, 0.05) is 24.2 Å². The number of phenols is 1. The van der Waals surface area contributed by atoms with E-state index in [0.717, 1.165) is 25.8 Å². The second-order valence-electron chi connectivity index (χ2n) is 6.25. The van der Waals surface area contributed by atoms with E-state index in [1.54, 1.807) is 0 Å². The van der Waals surface area contributed by atoms with Crippen LogP contribution in [0.15, 0.2) is 28.7 Å². The molecule has 0 saturated carbocycles. The van der Waals surface area contributed by atoms with Crippen molar-refractivity contribution in [1.29, 1.82) is 0 Å². The highest BCUT2D eigenvalue weighted by atomic mass is 35.5. The van der Waals surface area contributed by atoms with Crippen LogP contribution < -0.4 is 4.72 Å². The summed E-state index contributed by atoms with van der Waals surface area (Å²) in [5, 5.41) is 9.98. The molecule has 0 radical (unpaired) electrons. The molecule has 140 valence electrons. The first-order valence-corrected chi connectivity index (χ1v) is 10.6. The van der Waals surface area contributed by atoms with E-state index in [1.807, 2.05) is 0 Å². The summed E-state index contributed by atoms with van der Waals surface area (Å²) < 4.78 is 27.4. The van der Waals surface area contributed by atoms with Gasteiger partial charge < -0.3 is 5.11 Å². The summed E-state index contributed by atoms with van der Waals surface area (Å²) in [5.74, 6) is -0.487. The lowest BCUT2D eigenvalue weighted by Gasteiger charge is -2.33. The molecule has 2 N–H and O–H groups in total. The zero-order valence-electron chi connectivity index (χ0n) is 14.4. The highest BCUT2D eigenvalue weighted by Crippen LogP contribution is 2.34. The second-order valence-corrected chi connectivity index (χ2v) is 8.83. The Morgan fingerprint density at radius 3 is 2.72 bits per heavy atom. The van der Waals surface area contributed by atoms with Crippen molar-refractivity contribution < 1.29 is 13.5 Å². The molecular formula is C17H24Cl2N2O3S. The quantitative estimate of drug-likeness (QED) is 0.675. The van der Waals surface area contributed by atoms with Gasteiger partial charge in [-0.3, -0.25) is 4.90 Å². The maximum atomic E-state index is 12.4. The molecule has 1 aromatic carbocycles.